The van der Waals surface area contributed by atoms with Gasteiger partial charge in [0.1, 0.15) is 5.38 Å². The van der Waals surface area contributed by atoms with Gasteiger partial charge in [-0.2, -0.15) is 0 Å². The first kappa shape index (κ1) is 10.7. The van der Waals surface area contributed by atoms with Crippen molar-refractivity contribution in [2.75, 3.05) is 5.88 Å². The van der Waals surface area contributed by atoms with Crippen LogP contribution in [0.4, 0.5) is 0 Å². The van der Waals surface area contributed by atoms with Crippen molar-refractivity contribution in [2.24, 2.45) is 0 Å². The minimum Gasteiger partial charge on any atom is -0.392 e. The molecule has 0 spiro atoms. The molecule has 1 unspecified atom stereocenters. The second-order valence-electron chi connectivity index (χ2n) is 1.77. The van der Waals surface area contributed by atoms with Gasteiger partial charge in [-0.1, -0.05) is 6.92 Å². The zero-order valence-corrected chi connectivity index (χ0v) is 7.48. The second kappa shape index (κ2) is 5.38. The SMILES string of the molecule is CCC(=O)OC(=O)C(Cl)CCl. The molecule has 0 aromatic carbocycles. The fourth-order valence-corrected chi connectivity index (χ4v) is 0.482. The van der Waals surface area contributed by atoms with Gasteiger partial charge in [-0.05, 0) is 0 Å². The minimum atomic E-state index is -0.938. The van der Waals surface area contributed by atoms with E-state index in [1.165, 1.54) is 0 Å². The van der Waals surface area contributed by atoms with Crippen molar-refractivity contribution in [3.8, 4) is 0 Å². The van der Waals surface area contributed by atoms with E-state index >= 15 is 0 Å². The fraction of sp³-hybridized carbons (Fsp3) is 0.667. The van der Waals surface area contributed by atoms with E-state index in [0.717, 1.165) is 0 Å². The Bertz CT molecular complexity index is 158. The molecule has 0 fully saturated rings. The lowest BCUT2D eigenvalue weighted by Gasteiger charge is -2.02. The average molecular weight is 199 g/mol. The summed E-state index contributed by atoms with van der Waals surface area (Å²) < 4.78 is 4.26. The van der Waals surface area contributed by atoms with Crippen LogP contribution in [0.15, 0.2) is 0 Å². The third-order valence-electron chi connectivity index (χ3n) is 0.894. The van der Waals surface area contributed by atoms with Crippen LogP contribution >= 0.6 is 23.2 Å². The van der Waals surface area contributed by atoms with Crippen LogP contribution in [0.5, 0.6) is 0 Å². The van der Waals surface area contributed by atoms with Crippen molar-refractivity contribution in [2.45, 2.75) is 18.7 Å². The first-order valence-corrected chi connectivity index (χ1v) is 4.03. The Balaban J connectivity index is 3.77. The maximum atomic E-state index is 10.7. The molecule has 0 radical (unpaired) electrons. The van der Waals surface area contributed by atoms with E-state index in [-0.39, 0.29) is 12.3 Å². The fourth-order valence-electron chi connectivity index (χ4n) is 0.311. The zero-order valence-electron chi connectivity index (χ0n) is 5.97. The van der Waals surface area contributed by atoms with E-state index in [4.69, 9.17) is 23.2 Å². The van der Waals surface area contributed by atoms with Crippen LogP contribution in [0.1, 0.15) is 13.3 Å². The summed E-state index contributed by atoms with van der Waals surface area (Å²) in [5, 5.41) is -0.938. The van der Waals surface area contributed by atoms with E-state index in [1.54, 1.807) is 6.92 Å². The number of hydrogen-bond acceptors (Lipinski definition) is 3. The molecule has 0 saturated heterocycles. The molecule has 0 aliphatic rings. The molecular weight excluding hydrogens is 191 g/mol. The van der Waals surface area contributed by atoms with Crippen molar-refractivity contribution in [1.82, 2.24) is 0 Å². The minimum absolute atomic E-state index is 0.0582. The van der Waals surface area contributed by atoms with Crippen LogP contribution in [0, 0.1) is 0 Å². The number of rotatable bonds is 3. The summed E-state index contributed by atoms with van der Waals surface area (Å²) in [5.41, 5.74) is 0. The molecule has 0 N–H and O–H groups in total. The lowest BCUT2D eigenvalue weighted by molar-refractivity contribution is -0.158. The van der Waals surface area contributed by atoms with Gasteiger partial charge in [-0.3, -0.25) is 4.79 Å². The molecule has 3 nitrogen and oxygen atoms in total. The summed E-state index contributed by atoms with van der Waals surface area (Å²) in [6.07, 6.45) is 0.150. The van der Waals surface area contributed by atoms with Gasteiger partial charge < -0.3 is 4.74 Å². The molecule has 0 rings (SSSR count). The summed E-state index contributed by atoms with van der Waals surface area (Å²) >= 11 is 10.6. The highest BCUT2D eigenvalue weighted by Crippen LogP contribution is 2.02. The topological polar surface area (TPSA) is 43.4 Å². The van der Waals surface area contributed by atoms with Crippen LogP contribution in [0.3, 0.4) is 0 Å². The van der Waals surface area contributed by atoms with Gasteiger partial charge in [0.15, 0.2) is 0 Å². The Kier molecular flexibility index (Phi) is 5.24. The van der Waals surface area contributed by atoms with E-state index in [2.05, 4.69) is 4.74 Å². The molecule has 0 amide bonds. The molecule has 0 aromatic rings. The third-order valence-corrected chi connectivity index (χ3v) is 1.69. The summed E-state index contributed by atoms with van der Waals surface area (Å²) in [6.45, 7) is 1.58. The van der Waals surface area contributed by atoms with Gasteiger partial charge in [0.05, 0.1) is 0 Å². The lowest BCUT2D eigenvalue weighted by atomic mass is 10.4. The highest BCUT2D eigenvalue weighted by Gasteiger charge is 2.17. The van der Waals surface area contributed by atoms with Gasteiger partial charge in [-0.15, -0.1) is 23.2 Å². The molecule has 0 saturated carbocycles. The van der Waals surface area contributed by atoms with Crippen LogP contribution in [0.2, 0.25) is 0 Å². The van der Waals surface area contributed by atoms with Crippen molar-refractivity contribution >= 4 is 35.1 Å². The second-order valence-corrected chi connectivity index (χ2v) is 2.60. The first-order valence-electron chi connectivity index (χ1n) is 3.06. The molecule has 0 heterocycles. The third kappa shape index (κ3) is 4.22. The summed E-state index contributed by atoms with van der Waals surface area (Å²) in [6, 6.07) is 0. The Morgan fingerprint density at radius 1 is 1.55 bits per heavy atom. The van der Waals surface area contributed by atoms with Crippen molar-refractivity contribution in [3.63, 3.8) is 0 Å². The van der Waals surface area contributed by atoms with E-state index < -0.39 is 17.3 Å². The zero-order chi connectivity index (χ0) is 8.85. The molecule has 1 atom stereocenters. The van der Waals surface area contributed by atoms with Crippen LogP contribution in [0.25, 0.3) is 0 Å². The number of hydrogen-bond donors (Lipinski definition) is 0. The van der Waals surface area contributed by atoms with Crippen LogP contribution in [-0.2, 0) is 14.3 Å². The molecule has 0 aliphatic heterocycles. The maximum Gasteiger partial charge on any atom is 0.332 e. The molecule has 11 heavy (non-hydrogen) atoms. The van der Waals surface area contributed by atoms with Crippen molar-refractivity contribution in [1.29, 1.82) is 0 Å². The maximum absolute atomic E-state index is 10.7. The van der Waals surface area contributed by atoms with Gasteiger partial charge in [-0.25, -0.2) is 4.79 Å². The van der Waals surface area contributed by atoms with Crippen molar-refractivity contribution < 1.29 is 14.3 Å². The van der Waals surface area contributed by atoms with Gasteiger partial charge in [0.2, 0.25) is 0 Å². The Hall–Kier alpha value is -0.280. The van der Waals surface area contributed by atoms with Crippen LogP contribution < -0.4 is 0 Å². The number of halogens is 2. The van der Waals surface area contributed by atoms with Crippen LogP contribution in [-0.4, -0.2) is 23.2 Å². The molecule has 0 aromatic heterocycles. The first-order chi connectivity index (χ1) is 5.11. The van der Waals surface area contributed by atoms with E-state index in [0.29, 0.717) is 0 Å². The smallest absolute Gasteiger partial charge is 0.332 e. The predicted molar refractivity (Wildman–Crippen MR) is 41.8 cm³/mol. The average Bonchev–Trinajstić information content (AvgIpc) is 2.02. The van der Waals surface area contributed by atoms with Crippen molar-refractivity contribution in [3.05, 3.63) is 0 Å². The normalized spacial score (nSPS) is 12.3. The Morgan fingerprint density at radius 2 is 2.09 bits per heavy atom. The molecule has 5 heteroatoms. The molecule has 0 aliphatic carbocycles. The van der Waals surface area contributed by atoms with Gasteiger partial charge in [0, 0.05) is 12.3 Å². The summed E-state index contributed by atoms with van der Waals surface area (Å²) in [7, 11) is 0. The number of carbonyl (C=O) groups is 2. The van der Waals surface area contributed by atoms with E-state index in [9.17, 15) is 9.59 Å². The lowest BCUT2D eigenvalue weighted by Crippen LogP contribution is -2.22. The number of carbonyl (C=O) groups excluding carboxylic acids is 2. The quantitative estimate of drug-likeness (QED) is 0.391. The highest BCUT2D eigenvalue weighted by molar-refractivity contribution is 6.35. The number of ether oxygens (including phenoxy) is 1. The van der Waals surface area contributed by atoms with Gasteiger partial charge >= 0.3 is 11.9 Å². The summed E-state index contributed by atoms with van der Waals surface area (Å²) in [5.74, 6) is -1.43. The molecular formula is C6H8Cl2O3. The molecule has 64 valence electrons. The molecule has 0 bridgehead atoms. The van der Waals surface area contributed by atoms with E-state index in [1.807, 2.05) is 0 Å². The van der Waals surface area contributed by atoms with Gasteiger partial charge in [0.25, 0.3) is 0 Å². The Morgan fingerprint density at radius 3 is 2.45 bits per heavy atom. The predicted octanol–water partition coefficient (Wildman–Crippen LogP) is 1.31. The number of alkyl halides is 2. The largest absolute Gasteiger partial charge is 0.392 e. The Labute approximate surface area is 74.6 Å². The monoisotopic (exact) mass is 198 g/mol. The number of esters is 2. The standard InChI is InChI=1S/C6H8Cl2O3/c1-2-5(9)11-6(10)4(8)3-7/h4H,2-3H2,1H3. The highest BCUT2D eigenvalue weighted by atomic mass is 35.5. The summed E-state index contributed by atoms with van der Waals surface area (Å²) in [4.78, 5) is 21.2.